The van der Waals surface area contributed by atoms with E-state index in [0.29, 0.717) is 12.8 Å². The van der Waals surface area contributed by atoms with Crippen LogP contribution in [-0.4, -0.2) is 89.0 Å². The molecule has 0 aromatic carbocycles. The first-order valence-electron chi connectivity index (χ1n) is 20.0. The van der Waals surface area contributed by atoms with E-state index in [2.05, 4.69) is 86.8 Å². The van der Waals surface area contributed by atoms with Crippen molar-refractivity contribution in [1.29, 1.82) is 0 Å². The minimum atomic E-state index is -1.61. The second kappa shape index (κ2) is 33.7. The van der Waals surface area contributed by atoms with Crippen LogP contribution in [0, 0.1) is 0 Å². The van der Waals surface area contributed by atoms with Gasteiger partial charge in [0.25, 0.3) is 0 Å². The van der Waals surface area contributed by atoms with Gasteiger partial charge in [-0.15, -0.1) is 0 Å². The lowest BCUT2D eigenvalue weighted by Crippen LogP contribution is -2.59. The van der Waals surface area contributed by atoms with Crippen molar-refractivity contribution in [2.75, 3.05) is 19.8 Å². The highest BCUT2D eigenvalue weighted by Crippen LogP contribution is 2.22. The maximum Gasteiger partial charge on any atom is 0.306 e. The molecule has 0 radical (unpaired) electrons. The Morgan fingerprint density at radius 1 is 0.585 bits per heavy atom. The minimum Gasteiger partial charge on any atom is -0.462 e. The molecule has 0 aromatic heterocycles. The topological polar surface area (TPSA) is 152 Å². The Labute approximate surface area is 319 Å². The first kappa shape index (κ1) is 48.2. The van der Waals surface area contributed by atoms with Crippen molar-refractivity contribution in [3.63, 3.8) is 0 Å². The molecule has 1 fully saturated rings. The van der Waals surface area contributed by atoms with E-state index in [1.807, 2.05) is 0 Å². The first-order chi connectivity index (χ1) is 25.8. The fourth-order valence-corrected chi connectivity index (χ4v) is 5.45. The zero-order chi connectivity index (χ0) is 38.8. The number of allylic oxidation sites excluding steroid dienone is 12. The van der Waals surface area contributed by atoms with E-state index in [1.54, 1.807) is 0 Å². The van der Waals surface area contributed by atoms with Gasteiger partial charge in [-0.05, 0) is 77.0 Å². The molecule has 0 aromatic rings. The molecular formula is C43H70O10. The Kier molecular flexibility index (Phi) is 30.6. The van der Waals surface area contributed by atoms with Gasteiger partial charge in [0.05, 0.1) is 13.2 Å². The number of ether oxygens (including phenoxy) is 4. The average molecular weight is 747 g/mol. The average Bonchev–Trinajstić information content (AvgIpc) is 3.15. The van der Waals surface area contributed by atoms with Crippen LogP contribution in [0.2, 0.25) is 0 Å². The van der Waals surface area contributed by atoms with Crippen LogP contribution in [0.1, 0.15) is 129 Å². The molecular weight excluding hydrogens is 676 g/mol. The van der Waals surface area contributed by atoms with Gasteiger partial charge in [-0.2, -0.15) is 0 Å². The summed E-state index contributed by atoms with van der Waals surface area (Å²) in [5.41, 5.74) is 0. The molecule has 1 saturated heterocycles. The molecule has 10 heteroatoms. The van der Waals surface area contributed by atoms with Gasteiger partial charge in [0, 0.05) is 12.8 Å². The number of hydrogen-bond donors (Lipinski definition) is 4. The van der Waals surface area contributed by atoms with Crippen molar-refractivity contribution >= 4 is 11.9 Å². The molecule has 1 rings (SSSR count). The highest BCUT2D eigenvalue weighted by Gasteiger charge is 2.44. The van der Waals surface area contributed by atoms with Crippen molar-refractivity contribution < 1.29 is 49.0 Å². The number of esters is 2. The standard InChI is InChI=1S/C43H70O10/c1-3-5-7-9-11-13-15-17-18-20-22-24-26-28-30-32-39(46)52-36(35-51-43-42(49)41(48)40(47)37(33-44)53-43)34-50-38(45)31-29-27-25-23-21-19-16-14-12-10-8-6-4-2/h5-8,11-14,17-19,21,36-37,40-44,47-49H,3-4,9-10,15-16,20,22-35H2,1-2H3/b7-5-,8-6-,13-11-,14-12-,18-17-,21-19-/t36-,37+,40-,41-,42+,43+/m0/s1. The van der Waals surface area contributed by atoms with Crippen molar-refractivity contribution in [3.8, 4) is 0 Å². The highest BCUT2D eigenvalue weighted by atomic mass is 16.7. The Morgan fingerprint density at radius 3 is 1.60 bits per heavy atom. The highest BCUT2D eigenvalue weighted by molar-refractivity contribution is 5.70. The number of rotatable bonds is 31. The third-order valence-electron chi connectivity index (χ3n) is 8.59. The fraction of sp³-hybridized carbons (Fsp3) is 0.674. The summed E-state index contributed by atoms with van der Waals surface area (Å²) in [6.07, 6.45) is 33.4. The molecule has 6 atom stereocenters. The Bertz CT molecular complexity index is 1090. The van der Waals surface area contributed by atoms with E-state index < -0.39 is 55.4 Å². The normalized spacial score (nSPS) is 21.7. The van der Waals surface area contributed by atoms with Crippen LogP contribution in [0.25, 0.3) is 0 Å². The van der Waals surface area contributed by atoms with Gasteiger partial charge in [0.2, 0.25) is 0 Å². The fourth-order valence-electron chi connectivity index (χ4n) is 5.45. The van der Waals surface area contributed by atoms with Crippen molar-refractivity contribution in [2.24, 2.45) is 0 Å². The van der Waals surface area contributed by atoms with E-state index in [-0.39, 0.29) is 26.1 Å². The maximum atomic E-state index is 12.7. The predicted molar refractivity (Wildman–Crippen MR) is 210 cm³/mol. The lowest BCUT2D eigenvalue weighted by atomic mass is 9.99. The number of aliphatic hydroxyl groups is 4. The summed E-state index contributed by atoms with van der Waals surface area (Å²) >= 11 is 0. The van der Waals surface area contributed by atoms with Gasteiger partial charge < -0.3 is 39.4 Å². The minimum absolute atomic E-state index is 0.200. The Morgan fingerprint density at radius 2 is 1.06 bits per heavy atom. The Hall–Kier alpha value is -2.86. The van der Waals surface area contributed by atoms with Gasteiger partial charge in [0.15, 0.2) is 12.4 Å². The third kappa shape index (κ3) is 25.7. The van der Waals surface area contributed by atoms with Crippen LogP contribution in [0.4, 0.5) is 0 Å². The van der Waals surface area contributed by atoms with E-state index in [4.69, 9.17) is 18.9 Å². The number of aliphatic hydroxyl groups excluding tert-OH is 4. The summed E-state index contributed by atoms with van der Waals surface area (Å²) in [5.74, 6) is -0.871. The van der Waals surface area contributed by atoms with Gasteiger partial charge >= 0.3 is 11.9 Å². The molecule has 53 heavy (non-hydrogen) atoms. The van der Waals surface area contributed by atoms with Crippen molar-refractivity contribution in [1.82, 2.24) is 0 Å². The van der Waals surface area contributed by atoms with Gasteiger partial charge in [0.1, 0.15) is 31.0 Å². The second-order valence-corrected chi connectivity index (χ2v) is 13.3. The number of unbranched alkanes of at least 4 members (excludes halogenated alkanes) is 8. The summed E-state index contributed by atoms with van der Waals surface area (Å²) in [6.45, 7) is 3.11. The molecule has 1 heterocycles. The lowest BCUT2D eigenvalue weighted by Gasteiger charge is -2.39. The molecule has 0 spiro atoms. The zero-order valence-corrected chi connectivity index (χ0v) is 32.5. The maximum absolute atomic E-state index is 12.7. The molecule has 4 N–H and O–H groups in total. The number of carbonyl (C=O) groups is 2. The predicted octanol–water partition coefficient (Wildman–Crippen LogP) is 7.66. The molecule has 0 unspecified atom stereocenters. The van der Waals surface area contributed by atoms with Gasteiger partial charge in [-0.3, -0.25) is 9.59 Å². The van der Waals surface area contributed by atoms with Gasteiger partial charge in [-0.1, -0.05) is 112 Å². The van der Waals surface area contributed by atoms with Crippen LogP contribution in [0.15, 0.2) is 72.9 Å². The molecule has 0 bridgehead atoms. The largest absolute Gasteiger partial charge is 0.462 e. The SMILES string of the molecule is CC/C=C\C/C=C\C/C=C\CCCCCCCC(=O)O[C@@H](COC(=O)CCCCC/C=C\C/C=C\C/C=C\CC)CO[C@@H]1O[C@H](CO)[C@H](O)[C@H](O)[C@H]1O. The number of hydrogen-bond acceptors (Lipinski definition) is 10. The lowest BCUT2D eigenvalue weighted by molar-refractivity contribution is -0.305. The van der Waals surface area contributed by atoms with E-state index >= 15 is 0 Å². The quantitative estimate of drug-likeness (QED) is 0.0316. The molecule has 1 aliphatic heterocycles. The summed E-state index contributed by atoms with van der Waals surface area (Å²) < 4.78 is 22.0. The molecule has 0 amide bonds. The smallest absolute Gasteiger partial charge is 0.306 e. The second-order valence-electron chi connectivity index (χ2n) is 13.3. The van der Waals surface area contributed by atoms with E-state index in [9.17, 15) is 30.0 Å². The summed E-state index contributed by atoms with van der Waals surface area (Å²) in [5, 5.41) is 40.0. The summed E-state index contributed by atoms with van der Waals surface area (Å²) in [7, 11) is 0. The van der Waals surface area contributed by atoms with Crippen molar-refractivity contribution in [3.05, 3.63) is 72.9 Å². The first-order valence-corrected chi connectivity index (χ1v) is 20.0. The molecule has 0 aliphatic carbocycles. The van der Waals surface area contributed by atoms with Crippen LogP contribution < -0.4 is 0 Å². The van der Waals surface area contributed by atoms with Crippen LogP contribution in [0.5, 0.6) is 0 Å². The monoisotopic (exact) mass is 746 g/mol. The molecule has 0 saturated carbocycles. The van der Waals surface area contributed by atoms with Crippen LogP contribution in [0.3, 0.4) is 0 Å². The van der Waals surface area contributed by atoms with Crippen molar-refractivity contribution in [2.45, 2.75) is 166 Å². The summed E-state index contributed by atoms with van der Waals surface area (Å²) in [4.78, 5) is 25.2. The van der Waals surface area contributed by atoms with E-state index in [1.165, 1.54) is 0 Å². The zero-order valence-electron chi connectivity index (χ0n) is 32.5. The number of carbonyl (C=O) groups excluding carboxylic acids is 2. The van der Waals surface area contributed by atoms with Crippen LogP contribution >= 0.6 is 0 Å². The molecule has 302 valence electrons. The third-order valence-corrected chi connectivity index (χ3v) is 8.59. The Balaban J connectivity index is 2.42. The van der Waals surface area contributed by atoms with Crippen LogP contribution in [-0.2, 0) is 28.5 Å². The molecule has 10 nitrogen and oxygen atoms in total. The van der Waals surface area contributed by atoms with E-state index in [0.717, 1.165) is 89.9 Å². The summed E-state index contributed by atoms with van der Waals surface area (Å²) in [6, 6.07) is 0. The van der Waals surface area contributed by atoms with Gasteiger partial charge in [-0.25, -0.2) is 0 Å². The molecule has 1 aliphatic rings.